The van der Waals surface area contributed by atoms with E-state index >= 15 is 0 Å². The molecule has 1 aromatic rings. The molecule has 0 amide bonds. The summed E-state index contributed by atoms with van der Waals surface area (Å²) in [6, 6.07) is 4.18. The van der Waals surface area contributed by atoms with E-state index < -0.39 is 0 Å². The highest BCUT2D eigenvalue weighted by Crippen LogP contribution is 2.30. The number of aromatic nitrogens is 2. The summed E-state index contributed by atoms with van der Waals surface area (Å²) in [5.41, 5.74) is 0. The van der Waals surface area contributed by atoms with E-state index in [1.807, 2.05) is 6.07 Å². The smallest absolute Gasteiger partial charge is 0.151 e. The first-order valence-electron chi connectivity index (χ1n) is 5.89. The third-order valence-electron chi connectivity index (χ3n) is 3.16. The molecule has 16 heavy (non-hydrogen) atoms. The summed E-state index contributed by atoms with van der Waals surface area (Å²) in [5, 5.41) is 11.7. The van der Waals surface area contributed by atoms with Gasteiger partial charge in [0, 0.05) is 6.04 Å². The van der Waals surface area contributed by atoms with Gasteiger partial charge < -0.3 is 5.32 Å². The molecule has 0 spiro atoms. The number of nitrogens with one attached hydrogen (secondary N) is 1. The number of hydrogen-bond acceptors (Lipinski definition) is 3. The molecule has 0 aromatic carbocycles. The highest BCUT2D eigenvalue weighted by Gasteiger charge is 2.23. The minimum absolute atomic E-state index is 0.441. The van der Waals surface area contributed by atoms with Gasteiger partial charge in [0.25, 0.3) is 0 Å². The van der Waals surface area contributed by atoms with Crippen LogP contribution in [0.4, 0.5) is 5.82 Å². The molecule has 0 bridgehead atoms. The van der Waals surface area contributed by atoms with Crippen LogP contribution in [0.25, 0.3) is 0 Å². The van der Waals surface area contributed by atoms with Crippen molar-refractivity contribution in [2.24, 2.45) is 11.8 Å². The molecule has 1 aliphatic carbocycles. The van der Waals surface area contributed by atoms with Gasteiger partial charge in [0.1, 0.15) is 5.82 Å². The molecule has 0 saturated heterocycles. The Hall–Kier alpha value is -0.830. The van der Waals surface area contributed by atoms with E-state index in [-0.39, 0.29) is 0 Å². The Balaban J connectivity index is 1.96. The van der Waals surface area contributed by atoms with Crippen molar-refractivity contribution in [2.45, 2.75) is 39.2 Å². The van der Waals surface area contributed by atoms with Gasteiger partial charge in [-0.05, 0) is 43.2 Å². The lowest BCUT2D eigenvalue weighted by molar-refractivity contribution is 0.280. The fourth-order valence-electron chi connectivity index (χ4n) is 2.67. The van der Waals surface area contributed by atoms with Crippen LogP contribution in [0.1, 0.15) is 33.1 Å². The third kappa shape index (κ3) is 3.08. The largest absolute Gasteiger partial charge is 0.366 e. The van der Waals surface area contributed by atoms with Crippen molar-refractivity contribution in [1.29, 1.82) is 0 Å². The molecule has 0 radical (unpaired) electrons. The molecule has 2 rings (SSSR count). The first-order chi connectivity index (χ1) is 7.63. The summed E-state index contributed by atoms with van der Waals surface area (Å²) < 4.78 is 0. The third-order valence-corrected chi connectivity index (χ3v) is 3.36. The van der Waals surface area contributed by atoms with E-state index in [0.717, 1.165) is 17.7 Å². The highest BCUT2D eigenvalue weighted by molar-refractivity contribution is 6.29. The zero-order chi connectivity index (χ0) is 11.5. The van der Waals surface area contributed by atoms with Crippen molar-refractivity contribution in [3.8, 4) is 0 Å². The van der Waals surface area contributed by atoms with Crippen LogP contribution >= 0.6 is 11.6 Å². The minimum atomic E-state index is 0.441. The van der Waals surface area contributed by atoms with Crippen molar-refractivity contribution < 1.29 is 0 Å². The van der Waals surface area contributed by atoms with Gasteiger partial charge in [-0.25, -0.2) is 0 Å². The average molecular weight is 240 g/mol. The van der Waals surface area contributed by atoms with Gasteiger partial charge in [-0.3, -0.25) is 0 Å². The molecular weight excluding hydrogens is 222 g/mol. The van der Waals surface area contributed by atoms with E-state index in [1.165, 1.54) is 19.3 Å². The number of halogens is 1. The van der Waals surface area contributed by atoms with Crippen LogP contribution in [0.3, 0.4) is 0 Å². The van der Waals surface area contributed by atoms with Crippen LogP contribution in [-0.4, -0.2) is 16.2 Å². The minimum Gasteiger partial charge on any atom is -0.366 e. The Morgan fingerprint density at radius 3 is 2.38 bits per heavy atom. The standard InChI is InChI=1S/C12H18ClN3/c1-8-5-9(2)7-10(6-8)14-12-4-3-11(13)15-16-12/h3-4,8-10H,5-7H2,1-2H3,(H,14,16). The molecule has 0 aliphatic heterocycles. The number of anilines is 1. The molecule has 1 aliphatic rings. The lowest BCUT2D eigenvalue weighted by Crippen LogP contribution is -2.30. The Morgan fingerprint density at radius 2 is 1.81 bits per heavy atom. The molecule has 1 aromatic heterocycles. The molecule has 88 valence electrons. The maximum Gasteiger partial charge on any atom is 0.151 e. The lowest BCUT2D eigenvalue weighted by atomic mass is 9.80. The summed E-state index contributed by atoms with van der Waals surface area (Å²) in [5.74, 6) is 2.42. The molecular formula is C12H18ClN3. The Kier molecular flexibility index (Phi) is 3.64. The number of rotatable bonds is 2. The molecule has 1 fully saturated rings. The summed E-state index contributed by atoms with van der Waals surface area (Å²) in [7, 11) is 0. The van der Waals surface area contributed by atoms with Crippen LogP contribution in [0, 0.1) is 11.8 Å². The highest BCUT2D eigenvalue weighted by atomic mass is 35.5. The van der Waals surface area contributed by atoms with E-state index in [1.54, 1.807) is 6.07 Å². The quantitative estimate of drug-likeness (QED) is 0.860. The van der Waals surface area contributed by atoms with Crippen molar-refractivity contribution in [3.05, 3.63) is 17.3 Å². The fourth-order valence-corrected chi connectivity index (χ4v) is 2.77. The Bertz CT molecular complexity index is 329. The summed E-state index contributed by atoms with van der Waals surface area (Å²) in [6.07, 6.45) is 3.77. The molecule has 1 heterocycles. The average Bonchev–Trinajstić information content (AvgIpc) is 2.20. The zero-order valence-electron chi connectivity index (χ0n) is 9.78. The maximum absolute atomic E-state index is 5.70. The summed E-state index contributed by atoms with van der Waals surface area (Å²) in [4.78, 5) is 0. The number of hydrogen-bond donors (Lipinski definition) is 1. The van der Waals surface area contributed by atoms with Gasteiger partial charge in [-0.1, -0.05) is 25.4 Å². The van der Waals surface area contributed by atoms with Gasteiger partial charge in [-0.15, -0.1) is 10.2 Å². The van der Waals surface area contributed by atoms with Crippen molar-refractivity contribution in [2.75, 3.05) is 5.32 Å². The van der Waals surface area contributed by atoms with E-state index in [0.29, 0.717) is 11.2 Å². The van der Waals surface area contributed by atoms with Crippen molar-refractivity contribution in [1.82, 2.24) is 10.2 Å². The molecule has 3 nitrogen and oxygen atoms in total. The van der Waals surface area contributed by atoms with Gasteiger partial charge in [-0.2, -0.15) is 0 Å². The predicted molar refractivity (Wildman–Crippen MR) is 66.6 cm³/mol. The fraction of sp³-hybridized carbons (Fsp3) is 0.667. The molecule has 2 atom stereocenters. The number of nitrogens with zero attached hydrogens (tertiary/aromatic N) is 2. The maximum atomic E-state index is 5.70. The van der Waals surface area contributed by atoms with Gasteiger partial charge >= 0.3 is 0 Å². The van der Waals surface area contributed by atoms with E-state index in [4.69, 9.17) is 11.6 Å². The molecule has 1 N–H and O–H groups in total. The van der Waals surface area contributed by atoms with Crippen LogP contribution < -0.4 is 5.32 Å². The summed E-state index contributed by atoms with van der Waals surface area (Å²) in [6.45, 7) is 4.63. The van der Waals surface area contributed by atoms with Crippen molar-refractivity contribution >= 4 is 17.4 Å². The van der Waals surface area contributed by atoms with E-state index in [2.05, 4.69) is 29.4 Å². The summed E-state index contributed by atoms with van der Waals surface area (Å²) >= 11 is 5.70. The van der Waals surface area contributed by atoms with Gasteiger partial charge in [0.2, 0.25) is 0 Å². The topological polar surface area (TPSA) is 37.8 Å². The Labute approximate surface area is 102 Å². The predicted octanol–water partition coefficient (Wildman–Crippen LogP) is 3.37. The second-order valence-electron chi connectivity index (χ2n) is 5.00. The first kappa shape index (κ1) is 11.6. The zero-order valence-corrected chi connectivity index (χ0v) is 10.5. The Morgan fingerprint density at radius 1 is 1.12 bits per heavy atom. The second kappa shape index (κ2) is 5.00. The van der Waals surface area contributed by atoms with Crippen LogP contribution in [0.2, 0.25) is 5.15 Å². The molecule has 1 saturated carbocycles. The van der Waals surface area contributed by atoms with Crippen LogP contribution in [-0.2, 0) is 0 Å². The molecule has 4 heteroatoms. The normalized spacial score (nSPS) is 30.1. The lowest BCUT2D eigenvalue weighted by Gasteiger charge is -2.32. The van der Waals surface area contributed by atoms with E-state index in [9.17, 15) is 0 Å². The van der Waals surface area contributed by atoms with Gasteiger partial charge in [0.15, 0.2) is 5.15 Å². The second-order valence-corrected chi connectivity index (χ2v) is 5.39. The SMILES string of the molecule is CC1CC(C)CC(Nc2ccc(Cl)nn2)C1. The molecule has 2 unspecified atom stereocenters. The van der Waals surface area contributed by atoms with Crippen LogP contribution in [0.15, 0.2) is 12.1 Å². The van der Waals surface area contributed by atoms with Gasteiger partial charge in [0.05, 0.1) is 0 Å². The van der Waals surface area contributed by atoms with Crippen LogP contribution in [0.5, 0.6) is 0 Å². The first-order valence-corrected chi connectivity index (χ1v) is 6.27. The van der Waals surface area contributed by atoms with Crippen molar-refractivity contribution in [3.63, 3.8) is 0 Å². The monoisotopic (exact) mass is 239 g/mol.